The zero-order chi connectivity index (χ0) is 10.7. The Balaban J connectivity index is 2.04. The van der Waals surface area contributed by atoms with Crippen LogP contribution >= 0.6 is 11.6 Å². The molecule has 4 nitrogen and oxygen atoms in total. The average molecular weight is 227 g/mol. The number of carbonyl (C=O) groups excluding carboxylic acids is 1. The highest BCUT2D eigenvalue weighted by Gasteiger charge is 2.18. The van der Waals surface area contributed by atoms with Gasteiger partial charge < -0.3 is 9.64 Å². The van der Waals surface area contributed by atoms with Gasteiger partial charge in [-0.15, -0.1) is 0 Å². The first-order valence-corrected chi connectivity index (χ1v) is 5.09. The first-order valence-electron chi connectivity index (χ1n) is 4.71. The number of aromatic nitrogens is 1. The van der Waals surface area contributed by atoms with Crippen LogP contribution in [0.4, 0.5) is 0 Å². The fraction of sp³-hybridized carbons (Fsp3) is 0.400. The number of hydrogen-bond donors (Lipinski definition) is 0. The minimum atomic E-state index is 0.00280. The summed E-state index contributed by atoms with van der Waals surface area (Å²) in [5, 5.41) is 0.640. The number of nitrogens with zero attached hydrogens (tertiary/aromatic N) is 2. The fourth-order valence-electron chi connectivity index (χ4n) is 1.45. The minimum Gasteiger partial charge on any atom is -0.370 e. The van der Waals surface area contributed by atoms with Crippen molar-refractivity contribution in [2.24, 2.45) is 0 Å². The minimum absolute atomic E-state index is 0.00280. The van der Waals surface area contributed by atoms with Crippen LogP contribution in [0.3, 0.4) is 0 Å². The van der Waals surface area contributed by atoms with E-state index < -0.39 is 0 Å². The number of halogens is 1. The topological polar surface area (TPSA) is 42.4 Å². The Kier molecular flexibility index (Phi) is 3.18. The smallest absolute Gasteiger partial charge is 0.248 e. The number of morpholine rings is 1. The van der Waals surface area contributed by atoms with E-state index in [2.05, 4.69) is 4.98 Å². The molecule has 0 bridgehead atoms. The van der Waals surface area contributed by atoms with Crippen molar-refractivity contribution in [3.63, 3.8) is 0 Å². The van der Waals surface area contributed by atoms with Gasteiger partial charge in [0.1, 0.15) is 6.61 Å². The van der Waals surface area contributed by atoms with Crippen LogP contribution in [0.15, 0.2) is 18.3 Å². The van der Waals surface area contributed by atoms with Crippen LogP contribution in [0.5, 0.6) is 0 Å². The molecule has 0 unspecified atom stereocenters. The highest BCUT2D eigenvalue weighted by atomic mass is 35.5. The second-order valence-electron chi connectivity index (χ2n) is 3.33. The first-order chi connectivity index (χ1) is 7.25. The van der Waals surface area contributed by atoms with Crippen molar-refractivity contribution in [1.82, 2.24) is 9.88 Å². The van der Waals surface area contributed by atoms with Gasteiger partial charge in [-0.1, -0.05) is 11.6 Å². The largest absolute Gasteiger partial charge is 0.370 e. The van der Waals surface area contributed by atoms with Crippen molar-refractivity contribution >= 4 is 17.5 Å². The van der Waals surface area contributed by atoms with Crippen LogP contribution in [-0.2, 0) is 16.1 Å². The van der Waals surface area contributed by atoms with Crippen molar-refractivity contribution in [2.45, 2.75) is 6.54 Å². The lowest BCUT2D eigenvalue weighted by molar-refractivity contribution is -0.143. The molecule has 0 aliphatic carbocycles. The predicted molar refractivity (Wildman–Crippen MR) is 55.5 cm³/mol. The van der Waals surface area contributed by atoms with Crippen molar-refractivity contribution in [3.05, 3.63) is 29.0 Å². The fourth-order valence-corrected chi connectivity index (χ4v) is 1.63. The molecular formula is C10H11ClN2O2. The van der Waals surface area contributed by atoms with E-state index in [1.807, 2.05) is 0 Å². The Morgan fingerprint density at radius 1 is 1.60 bits per heavy atom. The van der Waals surface area contributed by atoms with Crippen LogP contribution < -0.4 is 0 Å². The van der Waals surface area contributed by atoms with E-state index in [-0.39, 0.29) is 12.5 Å². The van der Waals surface area contributed by atoms with Gasteiger partial charge in [-0.25, -0.2) is 0 Å². The molecule has 0 atom stereocenters. The third-order valence-electron chi connectivity index (χ3n) is 2.22. The molecule has 80 valence electrons. The molecule has 0 aromatic carbocycles. The molecule has 2 heterocycles. The van der Waals surface area contributed by atoms with Crippen LogP contribution in [0.25, 0.3) is 0 Å². The molecular weight excluding hydrogens is 216 g/mol. The molecule has 1 saturated heterocycles. The summed E-state index contributed by atoms with van der Waals surface area (Å²) in [5.74, 6) is 0.00280. The Hall–Kier alpha value is -1.13. The molecule has 2 rings (SSSR count). The molecule has 1 aromatic rings. The van der Waals surface area contributed by atoms with Crippen molar-refractivity contribution < 1.29 is 9.53 Å². The van der Waals surface area contributed by atoms with Crippen molar-refractivity contribution in [3.8, 4) is 0 Å². The van der Waals surface area contributed by atoms with Gasteiger partial charge in [0.05, 0.1) is 18.8 Å². The standard InChI is InChI=1S/C10H11ClN2O2/c11-8-1-2-12-9(5-8)6-13-3-4-15-7-10(13)14/h1-2,5H,3-4,6-7H2. The summed E-state index contributed by atoms with van der Waals surface area (Å²) >= 11 is 5.83. The highest BCUT2D eigenvalue weighted by Crippen LogP contribution is 2.11. The molecule has 15 heavy (non-hydrogen) atoms. The number of hydrogen-bond acceptors (Lipinski definition) is 3. The summed E-state index contributed by atoms with van der Waals surface area (Å²) in [6.45, 7) is 1.88. The lowest BCUT2D eigenvalue weighted by Crippen LogP contribution is -2.41. The Morgan fingerprint density at radius 2 is 2.47 bits per heavy atom. The van der Waals surface area contributed by atoms with E-state index in [0.29, 0.717) is 24.7 Å². The van der Waals surface area contributed by atoms with Gasteiger partial charge in [-0.05, 0) is 12.1 Å². The van der Waals surface area contributed by atoms with Gasteiger partial charge in [-0.3, -0.25) is 9.78 Å². The van der Waals surface area contributed by atoms with E-state index in [1.165, 1.54) is 0 Å². The van der Waals surface area contributed by atoms with E-state index >= 15 is 0 Å². The van der Waals surface area contributed by atoms with E-state index in [9.17, 15) is 4.79 Å². The van der Waals surface area contributed by atoms with Gasteiger partial charge >= 0.3 is 0 Å². The molecule has 0 N–H and O–H groups in total. The summed E-state index contributed by atoms with van der Waals surface area (Å²) < 4.78 is 5.04. The van der Waals surface area contributed by atoms with Crippen LogP contribution in [0.2, 0.25) is 5.02 Å². The SMILES string of the molecule is O=C1COCCN1Cc1cc(Cl)ccn1. The first kappa shape index (κ1) is 10.4. The van der Waals surface area contributed by atoms with Gasteiger partial charge in [0.25, 0.3) is 0 Å². The lowest BCUT2D eigenvalue weighted by atomic mass is 10.3. The summed E-state index contributed by atoms with van der Waals surface area (Å²) in [6, 6.07) is 3.48. The lowest BCUT2D eigenvalue weighted by Gasteiger charge is -2.26. The second kappa shape index (κ2) is 4.59. The average Bonchev–Trinajstić information content (AvgIpc) is 2.22. The molecule has 0 radical (unpaired) electrons. The van der Waals surface area contributed by atoms with Gasteiger partial charge in [0, 0.05) is 17.8 Å². The summed E-state index contributed by atoms with van der Waals surface area (Å²) in [6.07, 6.45) is 1.64. The third kappa shape index (κ3) is 2.67. The number of pyridine rings is 1. The molecule has 0 saturated carbocycles. The summed E-state index contributed by atoms with van der Waals surface area (Å²) in [4.78, 5) is 17.3. The van der Waals surface area contributed by atoms with Gasteiger partial charge in [0.2, 0.25) is 5.91 Å². The molecule has 1 amide bonds. The van der Waals surface area contributed by atoms with E-state index in [0.717, 1.165) is 5.69 Å². The summed E-state index contributed by atoms with van der Waals surface area (Å²) in [5.41, 5.74) is 0.803. The van der Waals surface area contributed by atoms with Crippen LogP contribution in [0, 0.1) is 0 Å². The second-order valence-corrected chi connectivity index (χ2v) is 3.77. The van der Waals surface area contributed by atoms with E-state index in [4.69, 9.17) is 16.3 Å². The Labute approximate surface area is 92.8 Å². The normalized spacial score (nSPS) is 16.9. The van der Waals surface area contributed by atoms with Gasteiger partial charge in [0.15, 0.2) is 0 Å². The highest BCUT2D eigenvalue weighted by molar-refractivity contribution is 6.30. The summed E-state index contributed by atoms with van der Waals surface area (Å²) in [7, 11) is 0. The van der Waals surface area contributed by atoms with Crippen molar-refractivity contribution in [2.75, 3.05) is 19.8 Å². The van der Waals surface area contributed by atoms with Crippen LogP contribution in [-0.4, -0.2) is 35.5 Å². The molecule has 1 aliphatic rings. The maximum atomic E-state index is 11.4. The van der Waals surface area contributed by atoms with Crippen LogP contribution in [0.1, 0.15) is 5.69 Å². The molecule has 0 spiro atoms. The molecule has 1 fully saturated rings. The van der Waals surface area contributed by atoms with Gasteiger partial charge in [-0.2, -0.15) is 0 Å². The Bertz CT molecular complexity index is 370. The van der Waals surface area contributed by atoms with E-state index in [1.54, 1.807) is 23.2 Å². The maximum Gasteiger partial charge on any atom is 0.248 e. The monoisotopic (exact) mass is 226 g/mol. The molecule has 5 heteroatoms. The number of carbonyl (C=O) groups is 1. The predicted octanol–water partition coefficient (Wildman–Crippen LogP) is 1.09. The quantitative estimate of drug-likeness (QED) is 0.758. The third-order valence-corrected chi connectivity index (χ3v) is 2.45. The zero-order valence-corrected chi connectivity index (χ0v) is 8.91. The number of amides is 1. The van der Waals surface area contributed by atoms with Crippen molar-refractivity contribution in [1.29, 1.82) is 0 Å². The molecule has 1 aromatic heterocycles. The maximum absolute atomic E-state index is 11.4. The number of rotatable bonds is 2. The number of ether oxygens (including phenoxy) is 1. The molecule has 1 aliphatic heterocycles. The zero-order valence-electron chi connectivity index (χ0n) is 8.15. The Morgan fingerprint density at radius 3 is 3.20 bits per heavy atom.